The van der Waals surface area contributed by atoms with E-state index in [4.69, 9.17) is 5.26 Å². The monoisotopic (exact) mass is 247 g/mol. The Morgan fingerprint density at radius 3 is 2.47 bits per heavy atom. The third-order valence-corrected chi connectivity index (χ3v) is 2.75. The van der Waals surface area contributed by atoms with E-state index in [0.717, 1.165) is 5.56 Å². The third-order valence-electron chi connectivity index (χ3n) is 2.75. The van der Waals surface area contributed by atoms with Crippen LogP contribution in [0.15, 0.2) is 60.7 Å². The molecular weight excluding hydrogens is 234 g/mol. The first-order valence-corrected chi connectivity index (χ1v) is 6.05. The minimum atomic E-state index is -0.00203. The van der Waals surface area contributed by atoms with Crippen molar-refractivity contribution in [2.75, 3.05) is 0 Å². The summed E-state index contributed by atoms with van der Waals surface area (Å²) in [6, 6.07) is 18.6. The van der Waals surface area contributed by atoms with Gasteiger partial charge >= 0.3 is 0 Å². The second kappa shape index (κ2) is 6.32. The zero-order valence-electron chi connectivity index (χ0n) is 10.4. The summed E-state index contributed by atoms with van der Waals surface area (Å²) in [5.74, 6) is -0.00203. The van der Waals surface area contributed by atoms with Gasteiger partial charge in [-0.1, -0.05) is 66.7 Å². The Labute approximate surface area is 112 Å². The van der Waals surface area contributed by atoms with Crippen LogP contribution in [0.4, 0.5) is 0 Å². The summed E-state index contributed by atoms with van der Waals surface area (Å²) in [5, 5.41) is 8.53. The summed E-state index contributed by atoms with van der Waals surface area (Å²) in [6.07, 6.45) is 3.92. The molecular formula is C17H13NO. The first-order chi connectivity index (χ1) is 9.33. The molecule has 0 aliphatic heterocycles. The van der Waals surface area contributed by atoms with Crippen molar-refractivity contribution in [3.05, 3.63) is 77.4 Å². The molecule has 92 valence electrons. The number of ketones is 1. The van der Waals surface area contributed by atoms with Crippen LogP contribution in [0.5, 0.6) is 0 Å². The lowest BCUT2D eigenvalue weighted by Gasteiger charge is -2.05. The molecule has 2 heteroatoms. The van der Waals surface area contributed by atoms with Crippen molar-refractivity contribution >= 4 is 11.9 Å². The van der Waals surface area contributed by atoms with E-state index in [0.29, 0.717) is 17.5 Å². The van der Waals surface area contributed by atoms with E-state index in [2.05, 4.69) is 0 Å². The van der Waals surface area contributed by atoms with E-state index in [1.165, 1.54) is 0 Å². The fraction of sp³-hybridized carbons (Fsp3) is 0.0588. The van der Waals surface area contributed by atoms with Crippen molar-refractivity contribution in [1.29, 1.82) is 5.26 Å². The lowest BCUT2D eigenvalue weighted by molar-refractivity contribution is 0.103. The Bertz CT molecular complexity index is 636. The molecule has 0 saturated heterocycles. The molecule has 0 bridgehead atoms. The summed E-state index contributed by atoms with van der Waals surface area (Å²) < 4.78 is 0. The van der Waals surface area contributed by atoms with Crippen LogP contribution in [0.25, 0.3) is 6.08 Å². The SMILES string of the molecule is N#CCC=Cc1ccccc1C(=O)c1ccccc1. The molecule has 0 amide bonds. The molecule has 0 unspecified atom stereocenters. The second-order valence-electron chi connectivity index (χ2n) is 4.05. The number of nitrogens with zero attached hydrogens (tertiary/aromatic N) is 1. The van der Waals surface area contributed by atoms with Gasteiger partial charge in [0.05, 0.1) is 12.5 Å². The van der Waals surface area contributed by atoms with Gasteiger partial charge in [-0.25, -0.2) is 0 Å². The molecule has 0 fully saturated rings. The Hall–Kier alpha value is -2.66. The fourth-order valence-corrected chi connectivity index (χ4v) is 1.83. The fourth-order valence-electron chi connectivity index (χ4n) is 1.83. The van der Waals surface area contributed by atoms with E-state index in [9.17, 15) is 4.79 Å². The summed E-state index contributed by atoms with van der Waals surface area (Å²) in [5.41, 5.74) is 2.16. The van der Waals surface area contributed by atoms with Crippen molar-refractivity contribution in [3.8, 4) is 6.07 Å². The van der Waals surface area contributed by atoms with Gasteiger partial charge in [0.25, 0.3) is 0 Å². The van der Waals surface area contributed by atoms with Gasteiger partial charge in [-0.15, -0.1) is 0 Å². The molecule has 0 aromatic heterocycles. The molecule has 2 nitrogen and oxygen atoms in total. The molecule has 0 aliphatic carbocycles. The van der Waals surface area contributed by atoms with Crippen LogP contribution in [0.2, 0.25) is 0 Å². The molecule has 2 aromatic carbocycles. The lowest BCUT2D eigenvalue weighted by atomic mass is 9.98. The minimum absolute atomic E-state index is 0.00203. The first-order valence-electron chi connectivity index (χ1n) is 6.05. The molecule has 0 saturated carbocycles. The molecule has 19 heavy (non-hydrogen) atoms. The summed E-state index contributed by atoms with van der Waals surface area (Å²) >= 11 is 0. The van der Waals surface area contributed by atoms with E-state index >= 15 is 0 Å². The van der Waals surface area contributed by atoms with E-state index in [1.54, 1.807) is 24.3 Å². The van der Waals surface area contributed by atoms with Crippen LogP contribution in [0, 0.1) is 11.3 Å². The van der Waals surface area contributed by atoms with Crippen LogP contribution >= 0.6 is 0 Å². The first kappa shape index (κ1) is 12.8. The van der Waals surface area contributed by atoms with Crippen LogP contribution < -0.4 is 0 Å². The number of hydrogen-bond donors (Lipinski definition) is 0. The minimum Gasteiger partial charge on any atom is -0.289 e. The van der Waals surface area contributed by atoms with Crippen LogP contribution in [0.3, 0.4) is 0 Å². The van der Waals surface area contributed by atoms with Crippen molar-refractivity contribution in [3.63, 3.8) is 0 Å². The normalized spacial score (nSPS) is 10.3. The molecule has 0 aliphatic rings. The van der Waals surface area contributed by atoms with Crippen LogP contribution in [0.1, 0.15) is 27.9 Å². The molecule has 0 N–H and O–H groups in total. The summed E-state index contributed by atoms with van der Waals surface area (Å²) in [6.45, 7) is 0. The third kappa shape index (κ3) is 3.17. The highest BCUT2D eigenvalue weighted by Crippen LogP contribution is 2.16. The van der Waals surface area contributed by atoms with Gasteiger partial charge in [0.15, 0.2) is 5.78 Å². The number of rotatable bonds is 4. The summed E-state index contributed by atoms with van der Waals surface area (Å²) in [4.78, 5) is 12.4. The van der Waals surface area contributed by atoms with Gasteiger partial charge in [0.2, 0.25) is 0 Å². The van der Waals surface area contributed by atoms with Crippen LogP contribution in [-0.4, -0.2) is 5.78 Å². The number of allylic oxidation sites excluding steroid dienone is 1. The smallest absolute Gasteiger partial charge is 0.193 e. The van der Waals surface area contributed by atoms with Crippen molar-refractivity contribution < 1.29 is 4.79 Å². The average molecular weight is 247 g/mol. The Kier molecular flexibility index (Phi) is 4.25. The molecule has 2 rings (SSSR count). The van der Waals surface area contributed by atoms with Gasteiger partial charge in [0.1, 0.15) is 0 Å². The predicted octanol–water partition coefficient (Wildman–Crippen LogP) is 3.84. The Morgan fingerprint density at radius 2 is 1.74 bits per heavy atom. The summed E-state index contributed by atoms with van der Waals surface area (Å²) in [7, 11) is 0. The number of carbonyl (C=O) groups is 1. The zero-order valence-corrected chi connectivity index (χ0v) is 10.4. The van der Waals surface area contributed by atoms with E-state index in [-0.39, 0.29) is 5.78 Å². The van der Waals surface area contributed by atoms with Gasteiger partial charge < -0.3 is 0 Å². The molecule has 0 heterocycles. The quantitative estimate of drug-likeness (QED) is 0.770. The second-order valence-corrected chi connectivity index (χ2v) is 4.05. The standard InChI is InChI=1S/C17H13NO/c18-13-7-6-9-14-8-4-5-12-16(14)17(19)15-10-2-1-3-11-15/h1-6,8-12H,7H2. The van der Waals surface area contributed by atoms with Crippen molar-refractivity contribution in [2.24, 2.45) is 0 Å². The maximum absolute atomic E-state index is 12.4. The van der Waals surface area contributed by atoms with Crippen molar-refractivity contribution in [2.45, 2.75) is 6.42 Å². The molecule has 0 radical (unpaired) electrons. The average Bonchev–Trinajstić information content (AvgIpc) is 2.48. The largest absolute Gasteiger partial charge is 0.289 e. The number of nitriles is 1. The Morgan fingerprint density at radius 1 is 1.05 bits per heavy atom. The van der Waals surface area contributed by atoms with Gasteiger partial charge in [-0.2, -0.15) is 5.26 Å². The van der Waals surface area contributed by atoms with Gasteiger partial charge in [-0.05, 0) is 5.56 Å². The highest BCUT2D eigenvalue weighted by molar-refractivity contribution is 6.11. The van der Waals surface area contributed by atoms with Crippen LogP contribution in [-0.2, 0) is 0 Å². The highest BCUT2D eigenvalue weighted by Gasteiger charge is 2.10. The van der Waals surface area contributed by atoms with Gasteiger partial charge in [-0.3, -0.25) is 4.79 Å². The topological polar surface area (TPSA) is 40.9 Å². The zero-order chi connectivity index (χ0) is 13.5. The number of carbonyl (C=O) groups excluding carboxylic acids is 1. The maximum Gasteiger partial charge on any atom is 0.193 e. The van der Waals surface area contributed by atoms with E-state index < -0.39 is 0 Å². The van der Waals surface area contributed by atoms with E-state index in [1.807, 2.05) is 48.5 Å². The molecule has 2 aromatic rings. The van der Waals surface area contributed by atoms with Gasteiger partial charge in [0, 0.05) is 11.1 Å². The van der Waals surface area contributed by atoms with Crippen molar-refractivity contribution in [1.82, 2.24) is 0 Å². The predicted molar refractivity (Wildman–Crippen MR) is 75.6 cm³/mol. The molecule has 0 atom stereocenters. The number of benzene rings is 2. The Balaban J connectivity index is 2.35. The maximum atomic E-state index is 12.4. The number of hydrogen-bond acceptors (Lipinski definition) is 2. The highest BCUT2D eigenvalue weighted by atomic mass is 16.1. The lowest BCUT2D eigenvalue weighted by Crippen LogP contribution is -2.03. The molecule has 0 spiro atoms.